The Morgan fingerprint density at radius 2 is 1.85 bits per heavy atom. The Balaban J connectivity index is 1.65. The van der Waals surface area contributed by atoms with Crippen molar-refractivity contribution < 1.29 is 0 Å². The van der Waals surface area contributed by atoms with Crippen molar-refractivity contribution in [3.63, 3.8) is 0 Å². The maximum absolute atomic E-state index is 12.4. The van der Waals surface area contributed by atoms with Crippen LogP contribution in [0.2, 0.25) is 0 Å². The third-order valence-corrected chi connectivity index (χ3v) is 5.75. The van der Waals surface area contributed by atoms with Crippen molar-refractivity contribution in [1.82, 2.24) is 19.5 Å². The van der Waals surface area contributed by atoms with Crippen molar-refractivity contribution in [3.8, 4) is 5.69 Å². The van der Waals surface area contributed by atoms with E-state index in [9.17, 15) is 4.79 Å². The van der Waals surface area contributed by atoms with E-state index < -0.39 is 0 Å². The Bertz CT molecular complexity index is 1190. The summed E-state index contributed by atoms with van der Waals surface area (Å²) in [7, 11) is 0. The molecule has 2 aromatic carbocycles. The van der Waals surface area contributed by atoms with Crippen LogP contribution in [0.15, 0.2) is 58.7 Å². The first-order valence-electron chi connectivity index (χ1n) is 8.76. The smallest absolute Gasteiger partial charge is 0.258 e. The quantitative estimate of drug-likeness (QED) is 0.539. The molecule has 27 heavy (non-hydrogen) atoms. The molecule has 2 aromatic heterocycles. The van der Waals surface area contributed by atoms with Crippen LogP contribution in [0.1, 0.15) is 22.5 Å². The van der Waals surface area contributed by atoms with Crippen molar-refractivity contribution >= 4 is 22.7 Å². The van der Waals surface area contributed by atoms with E-state index in [1.165, 1.54) is 11.1 Å². The van der Waals surface area contributed by atoms with E-state index in [4.69, 9.17) is 0 Å². The number of hydrogen-bond donors (Lipinski definition) is 1. The molecule has 0 bridgehead atoms. The molecule has 6 heteroatoms. The summed E-state index contributed by atoms with van der Waals surface area (Å²) in [6.45, 7) is 6.19. The second kappa shape index (κ2) is 7.04. The van der Waals surface area contributed by atoms with Crippen LogP contribution in [-0.2, 0) is 5.75 Å². The molecule has 1 N–H and O–H groups in total. The number of hydrogen-bond acceptors (Lipinski definition) is 4. The second-order valence-corrected chi connectivity index (χ2v) is 7.51. The zero-order valence-corrected chi connectivity index (χ0v) is 16.3. The fraction of sp³-hybridized carbons (Fsp3) is 0.190. The summed E-state index contributed by atoms with van der Waals surface area (Å²) in [5.41, 5.74) is 5.25. The summed E-state index contributed by atoms with van der Waals surface area (Å²) in [6.07, 6.45) is 3.76. The van der Waals surface area contributed by atoms with Gasteiger partial charge < -0.3 is 4.98 Å². The predicted molar refractivity (Wildman–Crippen MR) is 110 cm³/mol. The van der Waals surface area contributed by atoms with Crippen LogP contribution in [0.5, 0.6) is 0 Å². The number of nitrogens with one attached hydrogen (secondary N) is 1. The molecule has 0 saturated carbocycles. The van der Waals surface area contributed by atoms with Gasteiger partial charge in [0.05, 0.1) is 22.3 Å². The molecule has 0 unspecified atom stereocenters. The number of fused-ring (bicyclic) bond motifs is 1. The lowest BCUT2D eigenvalue weighted by Gasteiger charge is -2.12. The molecule has 0 fully saturated rings. The average molecular weight is 376 g/mol. The van der Waals surface area contributed by atoms with Crippen LogP contribution < -0.4 is 5.56 Å². The van der Waals surface area contributed by atoms with Gasteiger partial charge in [0.25, 0.3) is 5.56 Å². The minimum absolute atomic E-state index is 0.0998. The molecule has 0 aliphatic rings. The topological polar surface area (TPSA) is 63.6 Å². The first kappa shape index (κ1) is 17.5. The molecule has 2 heterocycles. The van der Waals surface area contributed by atoms with Gasteiger partial charge in [0.2, 0.25) is 0 Å². The standard InChI is InChI=1S/C21H20N4OS/c1-13-6-5-9-17(15(13)3)25-11-10-22-21(25)27-12-18-23-19-14(2)7-4-8-16(19)20(26)24-18/h4-11H,12H2,1-3H3,(H,23,24,26). The van der Waals surface area contributed by atoms with Crippen molar-refractivity contribution in [2.75, 3.05) is 0 Å². The second-order valence-electron chi connectivity index (χ2n) is 6.57. The Hall–Kier alpha value is -2.86. The SMILES string of the molecule is Cc1cccc(-n2ccnc2SCc2nc3c(C)cccc3c(=O)[nH]2)c1C. The van der Waals surface area contributed by atoms with E-state index in [-0.39, 0.29) is 5.56 Å². The lowest BCUT2D eigenvalue weighted by atomic mass is 10.1. The minimum atomic E-state index is -0.0998. The number of thioether (sulfide) groups is 1. The number of imidazole rings is 1. The lowest BCUT2D eigenvalue weighted by molar-refractivity contribution is 0.883. The highest BCUT2D eigenvalue weighted by atomic mass is 32.2. The molecular formula is C21H20N4OS. The number of para-hydroxylation sites is 1. The molecule has 0 amide bonds. The van der Waals surface area contributed by atoms with Crippen LogP contribution in [0, 0.1) is 20.8 Å². The summed E-state index contributed by atoms with van der Waals surface area (Å²) in [6, 6.07) is 11.9. The van der Waals surface area contributed by atoms with E-state index >= 15 is 0 Å². The monoisotopic (exact) mass is 376 g/mol. The van der Waals surface area contributed by atoms with Crippen LogP contribution in [0.4, 0.5) is 0 Å². The van der Waals surface area contributed by atoms with E-state index in [0.29, 0.717) is 17.0 Å². The zero-order valence-electron chi connectivity index (χ0n) is 15.5. The summed E-state index contributed by atoms with van der Waals surface area (Å²) in [5, 5.41) is 1.50. The van der Waals surface area contributed by atoms with Gasteiger partial charge in [-0.15, -0.1) is 0 Å². The summed E-state index contributed by atoms with van der Waals surface area (Å²) >= 11 is 1.56. The van der Waals surface area contributed by atoms with Gasteiger partial charge in [-0.3, -0.25) is 9.36 Å². The van der Waals surface area contributed by atoms with Crippen molar-refractivity contribution in [2.24, 2.45) is 0 Å². The lowest BCUT2D eigenvalue weighted by Crippen LogP contribution is -2.12. The molecule has 0 saturated heterocycles. The van der Waals surface area contributed by atoms with Gasteiger partial charge in [-0.2, -0.15) is 0 Å². The summed E-state index contributed by atoms with van der Waals surface area (Å²) in [5.74, 6) is 1.20. The molecule has 4 rings (SSSR count). The highest BCUT2D eigenvalue weighted by molar-refractivity contribution is 7.98. The summed E-state index contributed by atoms with van der Waals surface area (Å²) in [4.78, 5) is 24.4. The van der Waals surface area contributed by atoms with Crippen molar-refractivity contribution in [1.29, 1.82) is 0 Å². The normalized spacial score (nSPS) is 11.2. The Morgan fingerprint density at radius 1 is 1.07 bits per heavy atom. The number of aromatic nitrogens is 4. The number of nitrogens with zero attached hydrogens (tertiary/aromatic N) is 3. The van der Waals surface area contributed by atoms with Crippen LogP contribution in [0.25, 0.3) is 16.6 Å². The van der Waals surface area contributed by atoms with Gasteiger partial charge in [-0.05, 0) is 49.6 Å². The predicted octanol–water partition coefficient (Wildman–Crippen LogP) is 4.33. The highest BCUT2D eigenvalue weighted by Gasteiger charge is 2.11. The third-order valence-electron chi connectivity index (χ3n) is 4.77. The van der Waals surface area contributed by atoms with Crippen LogP contribution in [-0.4, -0.2) is 19.5 Å². The van der Waals surface area contributed by atoms with Gasteiger partial charge in [-0.25, -0.2) is 9.97 Å². The van der Waals surface area contributed by atoms with Crippen LogP contribution in [0.3, 0.4) is 0 Å². The van der Waals surface area contributed by atoms with Crippen molar-refractivity contribution in [3.05, 3.63) is 81.7 Å². The zero-order chi connectivity index (χ0) is 19.0. The van der Waals surface area contributed by atoms with E-state index in [1.807, 2.05) is 25.3 Å². The molecule has 0 atom stereocenters. The molecule has 0 aliphatic carbocycles. The van der Waals surface area contributed by atoms with Gasteiger partial charge in [-0.1, -0.05) is 36.0 Å². The van der Waals surface area contributed by atoms with Crippen molar-refractivity contribution in [2.45, 2.75) is 31.7 Å². The Labute approximate surface area is 161 Å². The molecule has 5 nitrogen and oxygen atoms in total. The van der Waals surface area contributed by atoms with E-state index in [2.05, 4.69) is 51.6 Å². The number of rotatable bonds is 4. The van der Waals surface area contributed by atoms with Gasteiger partial charge >= 0.3 is 0 Å². The number of benzene rings is 2. The molecule has 136 valence electrons. The Morgan fingerprint density at radius 3 is 2.70 bits per heavy atom. The van der Waals surface area contributed by atoms with E-state index in [0.717, 1.165) is 21.9 Å². The Kier molecular flexibility index (Phi) is 4.58. The first-order valence-corrected chi connectivity index (χ1v) is 9.74. The van der Waals surface area contributed by atoms with E-state index in [1.54, 1.807) is 24.0 Å². The average Bonchev–Trinajstić information content (AvgIpc) is 3.11. The van der Waals surface area contributed by atoms with Gasteiger partial charge in [0.15, 0.2) is 5.16 Å². The first-order chi connectivity index (χ1) is 13.0. The number of aromatic amines is 1. The number of H-pyrrole nitrogens is 1. The molecule has 0 spiro atoms. The maximum Gasteiger partial charge on any atom is 0.258 e. The van der Waals surface area contributed by atoms with Crippen LogP contribution >= 0.6 is 11.8 Å². The third kappa shape index (κ3) is 3.28. The maximum atomic E-state index is 12.4. The fourth-order valence-corrected chi connectivity index (χ4v) is 3.97. The largest absolute Gasteiger partial charge is 0.309 e. The summed E-state index contributed by atoms with van der Waals surface area (Å²) < 4.78 is 2.08. The number of aryl methyl sites for hydroxylation is 2. The molecule has 4 aromatic rings. The highest BCUT2D eigenvalue weighted by Crippen LogP contribution is 2.26. The van der Waals surface area contributed by atoms with Gasteiger partial charge in [0.1, 0.15) is 5.82 Å². The molecule has 0 aliphatic heterocycles. The van der Waals surface area contributed by atoms with Gasteiger partial charge in [0, 0.05) is 12.4 Å². The fourth-order valence-electron chi connectivity index (χ4n) is 3.13. The minimum Gasteiger partial charge on any atom is -0.309 e. The molecular weight excluding hydrogens is 356 g/mol. The molecule has 0 radical (unpaired) electrons.